The largest absolute Gasteiger partial charge is 0.480 e. The van der Waals surface area contributed by atoms with Crippen molar-refractivity contribution in [3.8, 4) is 0 Å². The average Bonchev–Trinajstić information content (AvgIpc) is 2.26. The number of aryl methyl sites for hydroxylation is 1. The van der Waals surface area contributed by atoms with E-state index >= 15 is 0 Å². The van der Waals surface area contributed by atoms with E-state index in [2.05, 4.69) is 17.0 Å². The van der Waals surface area contributed by atoms with Crippen LogP contribution in [0, 0.1) is 0 Å². The highest BCUT2D eigenvalue weighted by atomic mass is 16.4. The molecule has 1 N–H and O–H groups in total. The number of carboxylic acid groups (broad SMARTS) is 1. The van der Waals surface area contributed by atoms with Gasteiger partial charge in [-0.25, -0.2) is 0 Å². The number of hydrogen-bond acceptors (Lipinski definition) is 2. The van der Waals surface area contributed by atoms with Crippen LogP contribution in [-0.2, 0) is 11.2 Å². The monoisotopic (exact) mass is 233 g/mol. The van der Waals surface area contributed by atoms with Crippen LogP contribution in [0.4, 0.5) is 0 Å². The maximum absolute atomic E-state index is 11.1. The first kappa shape index (κ1) is 12.1. The van der Waals surface area contributed by atoms with Crippen LogP contribution in [-0.4, -0.2) is 35.1 Å². The van der Waals surface area contributed by atoms with E-state index in [0.29, 0.717) is 0 Å². The van der Waals surface area contributed by atoms with Gasteiger partial charge in [-0.3, -0.25) is 9.69 Å². The Bertz CT molecular complexity index is 360. The highest BCUT2D eigenvalue weighted by Gasteiger charge is 2.28. The molecular weight excluding hydrogens is 214 g/mol. The quantitative estimate of drug-likeness (QED) is 0.818. The van der Waals surface area contributed by atoms with E-state index in [0.717, 1.165) is 38.8 Å². The number of hydrogen-bond donors (Lipinski definition) is 1. The average molecular weight is 233 g/mol. The lowest BCUT2D eigenvalue weighted by Crippen LogP contribution is -2.49. The zero-order valence-electron chi connectivity index (χ0n) is 10.0. The van der Waals surface area contributed by atoms with E-state index in [4.69, 9.17) is 5.11 Å². The minimum Gasteiger partial charge on any atom is -0.480 e. The fraction of sp³-hybridized carbons (Fsp3) is 0.500. The Morgan fingerprint density at radius 3 is 2.53 bits per heavy atom. The van der Waals surface area contributed by atoms with Gasteiger partial charge in [0, 0.05) is 13.1 Å². The summed E-state index contributed by atoms with van der Waals surface area (Å²) in [7, 11) is 0. The third-order valence-electron chi connectivity index (χ3n) is 3.40. The summed E-state index contributed by atoms with van der Waals surface area (Å²) in [6.45, 7) is 1.89. The Kier molecular flexibility index (Phi) is 4.15. The van der Waals surface area contributed by atoms with E-state index in [1.807, 2.05) is 18.2 Å². The van der Waals surface area contributed by atoms with Gasteiger partial charge in [0.2, 0.25) is 0 Å². The van der Waals surface area contributed by atoms with Crippen molar-refractivity contribution < 1.29 is 9.90 Å². The van der Waals surface area contributed by atoms with E-state index in [-0.39, 0.29) is 6.04 Å². The number of likely N-dealkylation sites (tertiary alicyclic amines) is 1. The summed E-state index contributed by atoms with van der Waals surface area (Å²) in [5, 5.41) is 9.16. The molecule has 3 nitrogen and oxygen atoms in total. The summed E-state index contributed by atoms with van der Waals surface area (Å²) in [4.78, 5) is 13.2. The summed E-state index contributed by atoms with van der Waals surface area (Å²) in [6, 6.07) is 9.98. The molecule has 1 fully saturated rings. The highest BCUT2D eigenvalue weighted by molar-refractivity contribution is 5.73. The maximum Gasteiger partial charge on any atom is 0.320 e. The lowest BCUT2D eigenvalue weighted by atomic mass is 10.0. The van der Waals surface area contributed by atoms with Crippen LogP contribution in [0.5, 0.6) is 0 Å². The van der Waals surface area contributed by atoms with Gasteiger partial charge in [0.15, 0.2) is 0 Å². The first-order chi connectivity index (χ1) is 8.27. The zero-order chi connectivity index (χ0) is 12.1. The Balaban J connectivity index is 1.78. The van der Waals surface area contributed by atoms with Crippen molar-refractivity contribution in [2.45, 2.75) is 31.7 Å². The summed E-state index contributed by atoms with van der Waals surface area (Å²) >= 11 is 0. The van der Waals surface area contributed by atoms with Crippen molar-refractivity contribution in [3.63, 3.8) is 0 Å². The molecule has 1 atom stereocenters. The van der Waals surface area contributed by atoms with Gasteiger partial charge in [-0.05, 0) is 31.2 Å². The first-order valence-electron chi connectivity index (χ1n) is 6.28. The molecule has 1 aromatic rings. The molecule has 1 unspecified atom stereocenters. The predicted molar refractivity (Wildman–Crippen MR) is 67.0 cm³/mol. The van der Waals surface area contributed by atoms with Crippen LogP contribution in [0.1, 0.15) is 24.8 Å². The molecule has 0 radical (unpaired) electrons. The highest BCUT2D eigenvalue weighted by Crippen LogP contribution is 2.17. The van der Waals surface area contributed by atoms with Gasteiger partial charge in [0.05, 0.1) is 0 Å². The second-order valence-electron chi connectivity index (χ2n) is 4.62. The van der Waals surface area contributed by atoms with Gasteiger partial charge in [-0.1, -0.05) is 30.3 Å². The van der Waals surface area contributed by atoms with Crippen LogP contribution in [0.3, 0.4) is 0 Å². The molecule has 0 amide bonds. The molecule has 1 heterocycles. The normalized spacial score (nSPS) is 17.4. The predicted octanol–water partition coefficient (Wildman–Crippen LogP) is 2.17. The topological polar surface area (TPSA) is 40.5 Å². The molecule has 0 spiro atoms. The first-order valence-corrected chi connectivity index (χ1v) is 6.28. The summed E-state index contributed by atoms with van der Waals surface area (Å²) in [5.41, 5.74) is 1.29. The number of carboxylic acids is 1. The number of nitrogens with zero attached hydrogens (tertiary/aromatic N) is 1. The number of rotatable bonds is 6. The molecule has 2 rings (SSSR count). The molecule has 0 aliphatic carbocycles. The van der Waals surface area contributed by atoms with Crippen molar-refractivity contribution >= 4 is 5.97 Å². The molecule has 0 aromatic heterocycles. The third-order valence-corrected chi connectivity index (χ3v) is 3.40. The van der Waals surface area contributed by atoms with Crippen molar-refractivity contribution in [3.05, 3.63) is 35.9 Å². The molecule has 1 saturated heterocycles. The lowest BCUT2D eigenvalue weighted by molar-refractivity contribution is -0.145. The van der Waals surface area contributed by atoms with E-state index < -0.39 is 5.97 Å². The maximum atomic E-state index is 11.1. The van der Waals surface area contributed by atoms with Crippen molar-refractivity contribution in [2.75, 3.05) is 13.1 Å². The van der Waals surface area contributed by atoms with Gasteiger partial charge >= 0.3 is 5.97 Å². The third kappa shape index (κ3) is 3.30. The molecule has 92 valence electrons. The van der Waals surface area contributed by atoms with Gasteiger partial charge in [0.1, 0.15) is 6.04 Å². The van der Waals surface area contributed by atoms with Crippen molar-refractivity contribution in [1.29, 1.82) is 0 Å². The Labute approximate surface area is 102 Å². The Hall–Kier alpha value is -1.35. The smallest absolute Gasteiger partial charge is 0.320 e. The lowest BCUT2D eigenvalue weighted by Gasteiger charge is -2.36. The van der Waals surface area contributed by atoms with Crippen LogP contribution in [0.25, 0.3) is 0 Å². The second-order valence-corrected chi connectivity index (χ2v) is 4.62. The van der Waals surface area contributed by atoms with Crippen molar-refractivity contribution in [1.82, 2.24) is 4.90 Å². The fourth-order valence-electron chi connectivity index (χ4n) is 2.26. The minimum atomic E-state index is -0.669. The fourth-order valence-corrected chi connectivity index (χ4v) is 2.26. The van der Waals surface area contributed by atoms with Crippen LogP contribution >= 0.6 is 0 Å². The van der Waals surface area contributed by atoms with Gasteiger partial charge in [-0.15, -0.1) is 0 Å². The molecule has 0 saturated carbocycles. The summed E-state index contributed by atoms with van der Waals surface area (Å²) in [5.74, 6) is -0.669. The molecule has 1 aliphatic heterocycles. The summed E-state index contributed by atoms with van der Waals surface area (Å²) in [6.07, 6.45) is 3.81. The number of benzene rings is 1. The van der Waals surface area contributed by atoms with Crippen LogP contribution < -0.4 is 0 Å². The molecular formula is C14H19NO2. The molecule has 1 aromatic carbocycles. The second kappa shape index (κ2) is 5.82. The molecule has 17 heavy (non-hydrogen) atoms. The molecule has 3 heteroatoms. The zero-order valence-corrected chi connectivity index (χ0v) is 10.0. The SMILES string of the molecule is O=C(O)C(CCCc1ccccc1)N1CCC1. The summed E-state index contributed by atoms with van der Waals surface area (Å²) < 4.78 is 0. The van der Waals surface area contributed by atoms with Crippen LogP contribution in [0.15, 0.2) is 30.3 Å². The molecule has 1 aliphatic rings. The number of aliphatic carboxylic acids is 1. The van der Waals surface area contributed by atoms with E-state index in [9.17, 15) is 4.79 Å². The minimum absolute atomic E-state index is 0.271. The Morgan fingerprint density at radius 1 is 1.29 bits per heavy atom. The van der Waals surface area contributed by atoms with Gasteiger partial charge < -0.3 is 5.11 Å². The van der Waals surface area contributed by atoms with Crippen molar-refractivity contribution in [2.24, 2.45) is 0 Å². The van der Waals surface area contributed by atoms with Gasteiger partial charge in [0.25, 0.3) is 0 Å². The molecule has 0 bridgehead atoms. The van der Waals surface area contributed by atoms with E-state index in [1.54, 1.807) is 0 Å². The van der Waals surface area contributed by atoms with Crippen LogP contribution in [0.2, 0.25) is 0 Å². The Morgan fingerprint density at radius 2 is 2.00 bits per heavy atom. The number of carbonyl (C=O) groups is 1. The van der Waals surface area contributed by atoms with Gasteiger partial charge in [-0.2, -0.15) is 0 Å². The standard InChI is InChI=1S/C14H19NO2/c16-14(17)13(15-10-5-11-15)9-4-8-12-6-2-1-3-7-12/h1-3,6-7,13H,4-5,8-11H2,(H,16,17). The van der Waals surface area contributed by atoms with E-state index in [1.165, 1.54) is 5.56 Å².